The molecule has 1 aromatic rings. The summed E-state index contributed by atoms with van der Waals surface area (Å²) in [6.45, 7) is 8.09. The molecule has 0 aliphatic carbocycles. The van der Waals surface area contributed by atoms with E-state index in [0.717, 1.165) is 18.6 Å². The van der Waals surface area contributed by atoms with Gasteiger partial charge in [0.25, 0.3) is 5.91 Å². The van der Waals surface area contributed by atoms with Crippen LogP contribution in [-0.2, 0) is 4.79 Å². The number of hydrogen-bond donors (Lipinski definition) is 1. The number of carbonyl (C=O) groups excluding carboxylic acids is 1. The highest BCUT2D eigenvalue weighted by Gasteiger charge is 2.39. The summed E-state index contributed by atoms with van der Waals surface area (Å²) >= 11 is 0. The Bertz CT molecular complexity index is 541. The topological polar surface area (TPSA) is 32.3 Å². The second-order valence-corrected chi connectivity index (χ2v) is 6.17. The molecule has 0 saturated heterocycles. The minimum absolute atomic E-state index is 0.128. The molecule has 20 heavy (non-hydrogen) atoms. The second kappa shape index (κ2) is 5.04. The summed E-state index contributed by atoms with van der Waals surface area (Å²) < 4.78 is 26.8. The van der Waals surface area contributed by atoms with Gasteiger partial charge in [-0.3, -0.25) is 4.79 Å². The van der Waals surface area contributed by atoms with Crippen molar-refractivity contribution in [1.82, 2.24) is 0 Å². The molecule has 1 amide bonds. The van der Waals surface area contributed by atoms with Crippen LogP contribution in [-0.4, -0.2) is 18.0 Å². The molecule has 3 nitrogen and oxygen atoms in total. The number of carbonyl (C=O) groups is 1. The lowest BCUT2D eigenvalue weighted by Gasteiger charge is -2.40. The maximum atomic E-state index is 13.5. The van der Waals surface area contributed by atoms with E-state index in [1.165, 1.54) is 0 Å². The number of amides is 1. The van der Waals surface area contributed by atoms with Crippen LogP contribution in [0.25, 0.3) is 0 Å². The first-order chi connectivity index (χ1) is 9.22. The van der Waals surface area contributed by atoms with E-state index in [2.05, 4.69) is 19.2 Å². The molecule has 0 radical (unpaired) electrons. The number of nitrogens with zero attached hydrogens (tertiary/aromatic N) is 1. The molecule has 5 heteroatoms. The molecule has 1 aromatic carbocycles. The zero-order valence-corrected chi connectivity index (χ0v) is 12.3. The first-order valence-electron chi connectivity index (χ1n) is 6.81. The van der Waals surface area contributed by atoms with Crippen molar-refractivity contribution in [1.29, 1.82) is 0 Å². The van der Waals surface area contributed by atoms with Crippen LogP contribution in [0.4, 0.5) is 20.2 Å². The molecule has 2 rings (SSSR count). The van der Waals surface area contributed by atoms with Crippen LogP contribution >= 0.6 is 0 Å². The zero-order valence-electron chi connectivity index (χ0n) is 12.3. The van der Waals surface area contributed by atoms with Crippen molar-refractivity contribution < 1.29 is 13.6 Å². The fourth-order valence-corrected chi connectivity index (χ4v) is 2.31. The molecule has 0 saturated carbocycles. The molecule has 110 valence electrons. The number of fused-ring (bicyclic) bond motifs is 1. The Morgan fingerprint density at radius 3 is 2.45 bits per heavy atom. The predicted molar refractivity (Wildman–Crippen MR) is 75.9 cm³/mol. The van der Waals surface area contributed by atoms with Crippen LogP contribution in [0.1, 0.15) is 34.1 Å². The molecule has 0 bridgehead atoms. The standard InChI is InChI=1S/C15H20F2N2O/c1-9(2)5-6-19-13-8-11(17)10(16)7-12(13)18-15(3,4)14(19)20/h7-9,18H,5-6H2,1-4H3. The maximum absolute atomic E-state index is 13.5. The molecule has 1 aliphatic heterocycles. The Morgan fingerprint density at radius 2 is 1.85 bits per heavy atom. The molecular formula is C15H20F2N2O. The maximum Gasteiger partial charge on any atom is 0.252 e. The third-order valence-electron chi connectivity index (χ3n) is 3.49. The lowest BCUT2D eigenvalue weighted by atomic mass is 9.97. The van der Waals surface area contributed by atoms with Gasteiger partial charge in [0.2, 0.25) is 0 Å². The molecule has 0 spiro atoms. The Kier molecular flexibility index (Phi) is 3.71. The Morgan fingerprint density at radius 1 is 1.25 bits per heavy atom. The van der Waals surface area contributed by atoms with E-state index in [1.54, 1.807) is 18.7 Å². The third-order valence-corrected chi connectivity index (χ3v) is 3.49. The molecule has 1 aliphatic rings. The molecule has 0 unspecified atom stereocenters. The van der Waals surface area contributed by atoms with Crippen molar-refractivity contribution in [2.24, 2.45) is 5.92 Å². The van der Waals surface area contributed by atoms with Gasteiger partial charge in [-0.25, -0.2) is 8.78 Å². The van der Waals surface area contributed by atoms with Crippen LogP contribution in [0.5, 0.6) is 0 Å². The second-order valence-electron chi connectivity index (χ2n) is 6.17. The number of nitrogens with one attached hydrogen (secondary N) is 1. The van der Waals surface area contributed by atoms with Gasteiger partial charge >= 0.3 is 0 Å². The Labute approximate surface area is 118 Å². The normalized spacial score (nSPS) is 17.1. The molecule has 0 atom stereocenters. The van der Waals surface area contributed by atoms with Gasteiger partial charge in [-0.15, -0.1) is 0 Å². The largest absolute Gasteiger partial charge is 0.370 e. The van der Waals surface area contributed by atoms with Crippen molar-refractivity contribution in [2.45, 2.75) is 39.7 Å². The van der Waals surface area contributed by atoms with E-state index in [4.69, 9.17) is 0 Å². The third kappa shape index (κ3) is 2.62. The fourth-order valence-electron chi connectivity index (χ4n) is 2.31. The van der Waals surface area contributed by atoms with Crippen LogP contribution in [0.3, 0.4) is 0 Å². The van der Waals surface area contributed by atoms with Gasteiger partial charge in [-0.1, -0.05) is 13.8 Å². The summed E-state index contributed by atoms with van der Waals surface area (Å²) in [6, 6.07) is 2.20. The summed E-state index contributed by atoms with van der Waals surface area (Å²) in [7, 11) is 0. The fraction of sp³-hybridized carbons (Fsp3) is 0.533. The van der Waals surface area contributed by atoms with Gasteiger partial charge in [0.1, 0.15) is 5.54 Å². The summed E-state index contributed by atoms with van der Waals surface area (Å²) in [5, 5.41) is 2.97. The molecular weight excluding hydrogens is 262 g/mol. The summed E-state index contributed by atoms with van der Waals surface area (Å²) in [6.07, 6.45) is 0.806. The van der Waals surface area contributed by atoms with Crippen molar-refractivity contribution in [2.75, 3.05) is 16.8 Å². The predicted octanol–water partition coefficient (Wildman–Crippen LogP) is 3.55. The van der Waals surface area contributed by atoms with Gasteiger partial charge in [-0.2, -0.15) is 0 Å². The van der Waals surface area contributed by atoms with Crippen LogP contribution in [0, 0.1) is 17.6 Å². The Hall–Kier alpha value is -1.65. The molecule has 0 aromatic heterocycles. The quantitative estimate of drug-likeness (QED) is 0.919. The highest BCUT2D eigenvalue weighted by atomic mass is 19.2. The average molecular weight is 282 g/mol. The summed E-state index contributed by atoms with van der Waals surface area (Å²) in [5.74, 6) is -1.55. The van der Waals surface area contributed by atoms with Crippen LogP contribution in [0.2, 0.25) is 0 Å². The van der Waals surface area contributed by atoms with E-state index >= 15 is 0 Å². The van der Waals surface area contributed by atoms with Gasteiger partial charge in [0, 0.05) is 18.7 Å². The van der Waals surface area contributed by atoms with E-state index < -0.39 is 17.2 Å². The smallest absolute Gasteiger partial charge is 0.252 e. The number of hydrogen-bond acceptors (Lipinski definition) is 2. The van der Waals surface area contributed by atoms with Crippen LogP contribution < -0.4 is 10.2 Å². The van der Waals surface area contributed by atoms with Crippen molar-refractivity contribution in [3.05, 3.63) is 23.8 Å². The van der Waals surface area contributed by atoms with Crippen LogP contribution in [0.15, 0.2) is 12.1 Å². The van der Waals surface area contributed by atoms with Gasteiger partial charge in [0.15, 0.2) is 11.6 Å². The first-order valence-corrected chi connectivity index (χ1v) is 6.81. The Balaban J connectivity index is 2.44. The SMILES string of the molecule is CC(C)CCN1C(=O)C(C)(C)Nc2cc(F)c(F)cc21. The summed E-state index contributed by atoms with van der Waals surface area (Å²) in [5.41, 5.74) is 0.0416. The van der Waals surface area contributed by atoms with Gasteiger partial charge in [0.05, 0.1) is 11.4 Å². The van der Waals surface area contributed by atoms with E-state index in [9.17, 15) is 13.6 Å². The monoisotopic (exact) mass is 282 g/mol. The van der Waals surface area contributed by atoms with E-state index in [0.29, 0.717) is 23.8 Å². The summed E-state index contributed by atoms with van der Waals surface area (Å²) in [4.78, 5) is 14.0. The van der Waals surface area contributed by atoms with E-state index in [1.807, 2.05) is 0 Å². The highest BCUT2D eigenvalue weighted by molar-refractivity contribution is 6.07. The minimum Gasteiger partial charge on any atom is -0.370 e. The number of halogens is 2. The average Bonchev–Trinajstić information content (AvgIpc) is 2.32. The van der Waals surface area contributed by atoms with Crippen molar-refractivity contribution in [3.63, 3.8) is 0 Å². The van der Waals surface area contributed by atoms with E-state index in [-0.39, 0.29) is 5.91 Å². The lowest BCUT2D eigenvalue weighted by Crippen LogP contribution is -2.54. The lowest BCUT2D eigenvalue weighted by molar-refractivity contribution is -0.122. The van der Waals surface area contributed by atoms with Crippen molar-refractivity contribution in [3.8, 4) is 0 Å². The number of anilines is 2. The zero-order chi connectivity index (χ0) is 15.1. The van der Waals surface area contributed by atoms with Gasteiger partial charge < -0.3 is 10.2 Å². The first kappa shape index (κ1) is 14.8. The number of benzene rings is 1. The number of rotatable bonds is 3. The highest BCUT2D eigenvalue weighted by Crippen LogP contribution is 2.37. The molecule has 1 N–H and O–H groups in total. The molecule has 0 fully saturated rings. The van der Waals surface area contributed by atoms with Gasteiger partial charge in [-0.05, 0) is 26.2 Å². The minimum atomic E-state index is -0.937. The van der Waals surface area contributed by atoms with Crippen molar-refractivity contribution >= 4 is 17.3 Å². The molecule has 1 heterocycles.